The van der Waals surface area contributed by atoms with E-state index in [1.54, 1.807) is 0 Å². The molecule has 2 rings (SSSR count). The molecule has 0 aliphatic heterocycles. The van der Waals surface area contributed by atoms with Crippen molar-refractivity contribution < 1.29 is 5.11 Å². The maximum absolute atomic E-state index is 8.64. The molecule has 1 aromatic carbocycles. The highest BCUT2D eigenvalue weighted by atomic mass is 35.5. The molecule has 3 nitrogen and oxygen atoms in total. The third kappa shape index (κ3) is 3.17. The van der Waals surface area contributed by atoms with Crippen molar-refractivity contribution in [3.8, 4) is 11.8 Å². The van der Waals surface area contributed by atoms with E-state index in [2.05, 4.69) is 16.9 Å². The molecular weight excluding hydrogens is 260 g/mol. The summed E-state index contributed by atoms with van der Waals surface area (Å²) >= 11 is 6.12. The molecule has 0 saturated heterocycles. The Morgan fingerprint density at radius 2 is 1.95 bits per heavy atom. The van der Waals surface area contributed by atoms with Gasteiger partial charge in [-0.1, -0.05) is 35.6 Å². The standard InChI is InChI=1S/C15H15ClN2O/c1-11-15(16)12(2)18(17-11)10-14-7-5-13(6-8-14)4-3-9-19/h5-8,19H,9-10H2,1-2H3. The van der Waals surface area contributed by atoms with Crippen molar-refractivity contribution in [1.29, 1.82) is 0 Å². The Bertz CT molecular complexity index is 633. The lowest BCUT2D eigenvalue weighted by Gasteiger charge is -2.04. The fraction of sp³-hybridized carbons (Fsp3) is 0.267. The van der Waals surface area contributed by atoms with Crippen molar-refractivity contribution in [3.05, 3.63) is 51.8 Å². The number of aryl methyl sites for hydroxylation is 1. The maximum atomic E-state index is 8.64. The van der Waals surface area contributed by atoms with E-state index in [9.17, 15) is 0 Å². The second-order valence-electron chi connectivity index (χ2n) is 4.30. The van der Waals surface area contributed by atoms with Gasteiger partial charge in [-0.05, 0) is 31.5 Å². The SMILES string of the molecule is Cc1nn(Cc2ccc(C#CCO)cc2)c(C)c1Cl. The van der Waals surface area contributed by atoms with Crippen LogP contribution in [-0.4, -0.2) is 21.5 Å². The normalized spacial score (nSPS) is 10.1. The Labute approximate surface area is 117 Å². The van der Waals surface area contributed by atoms with Crippen molar-refractivity contribution in [3.63, 3.8) is 0 Å². The van der Waals surface area contributed by atoms with Gasteiger partial charge >= 0.3 is 0 Å². The molecule has 98 valence electrons. The monoisotopic (exact) mass is 274 g/mol. The number of aliphatic hydroxyl groups excluding tert-OH is 1. The maximum Gasteiger partial charge on any atom is 0.104 e. The first-order chi connectivity index (χ1) is 9.11. The van der Waals surface area contributed by atoms with Gasteiger partial charge in [0.05, 0.1) is 23.0 Å². The van der Waals surface area contributed by atoms with Crippen molar-refractivity contribution in [2.75, 3.05) is 6.61 Å². The van der Waals surface area contributed by atoms with E-state index in [1.165, 1.54) is 0 Å². The van der Waals surface area contributed by atoms with Crippen LogP contribution < -0.4 is 0 Å². The van der Waals surface area contributed by atoms with E-state index in [4.69, 9.17) is 16.7 Å². The molecule has 0 aliphatic rings. The average molecular weight is 275 g/mol. The first kappa shape index (κ1) is 13.7. The van der Waals surface area contributed by atoms with Gasteiger partial charge in [0.25, 0.3) is 0 Å². The predicted octanol–water partition coefficient (Wildman–Crippen LogP) is 2.55. The predicted molar refractivity (Wildman–Crippen MR) is 76.2 cm³/mol. The van der Waals surface area contributed by atoms with Crippen LogP contribution in [0.5, 0.6) is 0 Å². The molecule has 0 spiro atoms. The Kier molecular flexibility index (Phi) is 4.26. The number of hydrogen-bond donors (Lipinski definition) is 1. The molecule has 2 aromatic rings. The minimum absolute atomic E-state index is 0.119. The molecule has 4 heteroatoms. The zero-order valence-corrected chi connectivity index (χ0v) is 11.7. The molecule has 1 N–H and O–H groups in total. The fourth-order valence-electron chi connectivity index (χ4n) is 1.84. The number of aromatic nitrogens is 2. The van der Waals surface area contributed by atoms with Crippen LogP contribution in [0.25, 0.3) is 0 Å². The molecule has 0 fully saturated rings. The average Bonchev–Trinajstić information content (AvgIpc) is 2.66. The lowest BCUT2D eigenvalue weighted by Crippen LogP contribution is -2.03. The molecule has 1 heterocycles. The summed E-state index contributed by atoms with van der Waals surface area (Å²) in [5.41, 5.74) is 3.86. The number of benzene rings is 1. The minimum Gasteiger partial charge on any atom is -0.384 e. The van der Waals surface area contributed by atoms with Crippen molar-refractivity contribution in [2.24, 2.45) is 0 Å². The van der Waals surface area contributed by atoms with E-state index in [0.29, 0.717) is 6.54 Å². The van der Waals surface area contributed by atoms with Crippen LogP contribution >= 0.6 is 11.6 Å². The second kappa shape index (κ2) is 5.92. The highest BCUT2D eigenvalue weighted by Gasteiger charge is 2.08. The van der Waals surface area contributed by atoms with Crippen molar-refractivity contribution in [1.82, 2.24) is 9.78 Å². The van der Waals surface area contributed by atoms with Gasteiger partial charge in [0.2, 0.25) is 0 Å². The summed E-state index contributed by atoms with van der Waals surface area (Å²) in [7, 11) is 0. The van der Waals surface area contributed by atoms with E-state index in [1.807, 2.05) is 42.8 Å². The second-order valence-corrected chi connectivity index (χ2v) is 4.68. The van der Waals surface area contributed by atoms with Gasteiger partial charge in [-0.2, -0.15) is 5.10 Å². The Balaban J connectivity index is 2.17. The number of halogens is 1. The van der Waals surface area contributed by atoms with Crippen molar-refractivity contribution in [2.45, 2.75) is 20.4 Å². The fourth-order valence-corrected chi connectivity index (χ4v) is 1.97. The lowest BCUT2D eigenvalue weighted by molar-refractivity contribution is 0.350. The van der Waals surface area contributed by atoms with Gasteiger partial charge in [0, 0.05) is 5.56 Å². The van der Waals surface area contributed by atoms with Crippen LogP contribution in [-0.2, 0) is 6.54 Å². The summed E-state index contributed by atoms with van der Waals surface area (Å²) in [6.45, 7) is 4.43. The van der Waals surface area contributed by atoms with Crippen LogP contribution in [0.1, 0.15) is 22.5 Å². The van der Waals surface area contributed by atoms with E-state index >= 15 is 0 Å². The summed E-state index contributed by atoms with van der Waals surface area (Å²) < 4.78 is 1.89. The summed E-state index contributed by atoms with van der Waals surface area (Å²) in [5, 5.41) is 13.8. The van der Waals surface area contributed by atoms with Gasteiger partial charge in [0.15, 0.2) is 0 Å². The Morgan fingerprint density at radius 1 is 1.26 bits per heavy atom. The van der Waals surface area contributed by atoms with Crippen LogP contribution in [0.3, 0.4) is 0 Å². The zero-order valence-electron chi connectivity index (χ0n) is 10.9. The van der Waals surface area contributed by atoms with Gasteiger partial charge in [-0.25, -0.2) is 0 Å². The topological polar surface area (TPSA) is 38.0 Å². The van der Waals surface area contributed by atoms with Gasteiger partial charge in [0.1, 0.15) is 6.61 Å². The molecule has 0 radical (unpaired) electrons. The van der Waals surface area contributed by atoms with Gasteiger partial charge in [-0.15, -0.1) is 0 Å². The Hall–Kier alpha value is -1.76. The summed E-state index contributed by atoms with van der Waals surface area (Å²) in [6.07, 6.45) is 0. The first-order valence-electron chi connectivity index (χ1n) is 6.00. The molecule has 0 atom stereocenters. The molecule has 19 heavy (non-hydrogen) atoms. The summed E-state index contributed by atoms with van der Waals surface area (Å²) in [5.74, 6) is 5.49. The molecule has 0 aliphatic carbocycles. The van der Waals surface area contributed by atoms with E-state index in [-0.39, 0.29) is 6.61 Å². The third-order valence-electron chi connectivity index (χ3n) is 2.89. The molecule has 0 saturated carbocycles. The third-order valence-corrected chi connectivity index (χ3v) is 3.44. The number of aliphatic hydroxyl groups is 1. The molecule has 0 unspecified atom stereocenters. The quantitative estimate of drug-likeness (QED) is 0.855. The summed E-state index contributed by atoms with van der Waals surface area (Å²) in [4.78, 5) is 0. The highest BCUT2D eigenvalue weighted by Crippen LogP contribution is 2.19. The van der Waals surface area contributed by atoms with Crippen LogP contribution in [0, 0.1) is 25.7 Å². The van der Waals surface area contributed by atoms with Crippen LogP contribution in [0.15, 0.2) is 24.3 Å². The van der Waals surface area contributed by atoms with E-state index in [0.717, 1.165) is 27.5 Å². The van der Waals surface area contributed by atoms with E-state index < -0.39 is 0 Å². The number of rotatable bonds is 2. The van der Waals surface area contributed by atoms with Crippen molar-refractivity contribution >= 4 is 11.6 Å². The Morgan fingerprint density at radius 3 is 2.47 bits per heavy atom. The summed E-state index contributed by atoms with van der Waals surface area (Å²) in [6, 6.07) is 7.88. The highest BCUT2D eigenvalue weighted by molar-refractivity contribution is 6.31. The zero-order chi connectivity index (χ0) is 13.8. The number of hydrogen-bond acceptors (Lipinski definition) is 2. The van der Waals surface area contributed by atoms with Crippen LogP contribution in [0.4, 0.5) is 0 Å². The largest absolute Gasteiger partial charge is 0.384 e. The smallest absolute Gasteiger partial charge is 0.104 e. The molecular formula is C15H15ClN2O. The van der Waals surface area contributed by atoms with Crippen LogP contribution in [0.2, 0.25) is 5.02 Å². The van der Waals surface area contributed by atoms with Gasteiger partial charge in [-0.3, -0.25) is 4.68 Å². The molecule has 1 aromatic heterocycles. The molecule has 0 amide bonds. The minimum atomic E-state index is -0.119. The molecule has 0 bridgehead atoms. The number of nitrogens with zero attached hydrogens (tertiary/aromatic N) is 2. The van der Waals surface area contributed by atoms with Gasteiger partial charge < -0.3 is 5.11 Å². The lowest BCUT2D eigenvalue weighted by atomic mass is 10.1. The first-order valence-corrected chi connectivity index (χ1v) is 6.38.